The average Bonchev–Trinajstić information content (AvgIpc) is 3.53. The largest absolute Gasteiger partial charge is 0.448 e. The molecule has 4 heterocycles. The molecule has 0 aromatic carbocycles. The molecule has 11 heteroatoms. The zero-order valence-corrected chi connectivity index (χ0v) is 18.2. The summed E-state index contributed by atoms with van der Waals surface area (Å²) in [5.74, 6) is -1.56. The van der Waals surface area contributed by atoms with Gasteiger partial charge in [0.1, 0.15) is 30.9 Å². The predicted molar refractivity (Wildman–Crippen MR) is 112 cm³/mol. The second-order valence-corrected chi connectivity index (χ2v) is 8.22. The Morgan fingerprint density at radius 2 is 2.12 bits per heavy atom. The van der Waals surface area contributed by atoms with Gasteiger partial charge in [-0.25, -0.2) is 14.4 Å². The quantitative estimate of drug-likeness (QED) is 0.526. The molecule has 0 bridgehead atoms. The lowest BCUT2D eigenvalue weighted by Gasteiger charge is -2.26. The second-order valence-electron chi connectivity index (χ2n) is 8.22. The van der Waals surface area contributed by atoms with Gasteiger partial charge < -0.3 is 14.6 Å². The third kappa shape index (κ3) is 4.91. The van der Waals surface area contributed by atoms with E-state index in [-0.39, 0.29) is 36.9 Å². The fraction of sp³-hybridized carbons (Fsp3) is 0.409. The molecule has 2 amide bonds. The Hall–Kier alpha value is -3.63. The maximum atomic E-state index is 14.6. The fourth-order valence-corrected chi connectivity index (χ4v) is 3.91. The van der Waals surface area contributed by atoms with Crippen molar-refractivity contribution in [2.75, 3.05) is 6.54 Å². The minimum Gasteiger partial charge on any atom is -0.448 e. The maximum absolute atomic E-state index is 14.6. The maximum Gasteiger partial charge on any atom is 0.243 e. The van der Waals surface area contributed by atoms with Gasteiger partial charge in [0.25, 0.3) is 0 Å². The Kier molecular flexibility index (Phi) is 6.47. The van der Waals surface area contributed by atoms with E-state index in [0.29, 0.717) is 11.3 Å². The fourth-order valence-electron chi connectivity index (χ4n) is 3.91. The molecule has 0 spiro atoms. The zero-order valence-electron chi connectivity index (χ0n) is 18.2. The Bertz CT molecular complexity index is 1100. The molecule has 3 atom stereocenters. The number of oxazole rings is 1. The molecule has 1 aliphatic heterocycles. The summed E-state index contributed by atoms with van der Waals surface area (Å²) in [5, 5.41) is 9.44. The molecule has 0 radical (unpaired) electrons. The van der Waals surface area contributed by atoms with Crippen LogP contribution in [0, 0.1) is 5.95 Å². The van der Waals surface area contributed by atoms with Crippen LogP contribution in [0.1, 0.15) is 55.1 Å². The minimum atomic E-state index is -1.35. The number of pyridine rings is 1. The van der Waals surface area contributed by atoms with Crippen molar-refractivity contribution in [1.82, 2.24) is 30.4 Å². The SMILES string of the molecule is CC(C)c1ccc(C(NC(=O)[C@@H]2C[C@@H](F)CN2C(=O)Cc2ncco2)c2ccn[nH]2)nc1F. The van der Waals surface area contributed by atoms with Crippen LogP contribution in [0.2, 0.25) is 0 Å². The lowest BCUT2D eigenvalue weighted by molar-refractivity contribution is -0.138. The van der Waals surface area contributed by atoms with E-state index in [1.54, 1.807) is 18.2 Å². The number of amides is 2. The van der Waals surface area contributed by atoms with Crippen molar-refractivity contribution in [2.45, 2.75) is 50.9 Å². The van der Waals surface area contributed by atoms with Gasteiger partial charge in [0.2, 0.25) is 23.7 Å². The molecular formula is C22H24F2N6O3. The van der Waals surface area contributed by atoms with E-state index in [4.69, 9.17) is 4.42 Å². The van der Waals surface area contributed by atoms with E-state index in [0.717, 1.165) is 0 Å². The van der Waals surface area contributed by atoms with E-state index < -0.39 is 36.0 Å². The summed E-state index contributed by atoms with van der Waals surface area (Å²) in [6, 6.07) is 2.98. The number of rotatable bonds is 7. The summed E-state index contributed by atoms with van der Waals surface area (Å²) in [7, 11) is 0. The molecule has 1 aliphatic rings. The molecule has 4 rings (SSSR count). The minimum absolute atomic E-state index is 0.0602. The van der Waals surface area contributed by atoms with Crippen molar-refractivity contribution in [3.05, 3.63) is 65.6 Å². The molecule has 174 valence electrons. The summed E-state index contributed by atoms with van der Waals surface area (Å²) in [6.07, 6.45) is 2.55. The van der Waals surface area contributed by atoms with Crippen LogP contribution < -0.4 is 5.32 Å². The standard InChI is InChI=1S/C22H24F2N6O3/c1-12(2)14-3-4-15(27-21(14)24)20(16-5-6-26-29-16)28-22(32)17-9-13(23)11-30(17)19(31)10-18-25-7-8-33-18/h3-8,12-13,17,20H,9-11H2,1-2H3,(H,26,29)(H,28,32)/t13-,17+,20?/m1/s1. The zero-order chi connectivity index (χ0) is 23.5. The molecule has 9 nitrogen and oxygen atoms in total. The van der Waals surface area contributed by atoms with Crippen molar-refractivity contribution >= 4 is 11.8 Å². The van der Waals surface area contributed by atoms with Crippen LogP contribution >= 0.6 is 0 Å². The van der Waals surface area contributed by atoms with Crippen LogP contribution in [-0.4, -0.2) is 55.6 Å². The van der Waals surface area contributed by atoms with Crippen LogP contribution in [0.4, 0.5) is 8.78 Å². The Morgan fingerprint density at radius 3 is 2.76 bits per heavy atom. The topological polar surface area (TPSA) is 117 Å². The number of H-pyrrole nitrogens is 1. The molecule has 0 aliphatic carbocycles. The highest BCUT2D eigenvalue weighted by atomic mass is 19.1. The first-order valence-corrected chi connectivity index (χ1v) is 10.6. The molecule has 3 aromatic heterocycles. The number of carbonyl (C=O) groups is 2. The van der Waals surface area contributed by atoms with Crippen molar-refractivity contribution in [1.29, 1.82) is 0 Å². The van der Waals surface area contributed by atoms with Crippen molar-refractivity contribution in [3.63, 3.8) is 0 Å². The van der Waals surface area contributed by atoms with Gasteiger partial charge in [-0.2, -0.15) is 9.49 Å². The normalized spacial score (nSPS) is 19.1. The highest BCUT2D eigenvalue weighted by Crippen LogP contribution is 2.26. The number of hydrogen-bond donors (Lipinski definition) is 2. The number of aromatic nitrogens is 4. The molecule has 0 saturated carbocycles. The third-order valence-electron chi connectivity index (χ3n) is 5.60. The van der Waals surface area contributed by atoms with Gasteiger partial charge in [-0.05, 0) is 18.1 Å². The van der Waals surface area contributed by atoms with Crippen LogP contribution in [0.3, 0.4) is 0 Å². The number of aromatic amines is 1. The van der Waals surface area contributed by atoms with Crippen molar-refractivity contribution in [2.24, 2.45) is 0 Å². The van der Waals surface area contributed by atoms with Crippen LogP contribution in [0.5, 0.6) is 0 Å². The lowest BCUT2D eigenvalue weighted by atomic mass is 10.0. The van der Waals surface area contributed by atoms with Gasteiger partial charge in [0, 0.05) is 18.2 Å². The van der Waals surface area contributed by atoms with E-state index in [1.807, 2.05) is 13.8 Å². The highest BCUT2D eigenvalue weighted by molar-refractivity contribution is 5.89. The summed E-state index contributed by atoms with van der Waals surface area (Å²) in [4.78, 5) is 35.0. The van der Waals surface area contributed by atoms with Gasteiger partial charge in [0.15, 0.2) is 0 Å². The van der Waals surface area contributed by atoms with Gasteiger partial charge in [-0.1, -0.05) is 19.9 Å². The second kappa shape index (κ2) is 9.47. The molecule has 1 fully saturated rings. The Balaban J connectivity index is 1.56. The first-order valence-electron chi connectivity index (χ1n) is 10.6. The average molecular weight is 458 g/mol. The Morgan fingerprint density at radius 1 is 1.30 bits per heavy atom. The summed E-state index contributed by atoms with van der Waals surface area (Å²) < 4.78 is 33.9. The molecular weight excluding hydrogens is 434 g/mol. The third-order valence-corrected chi connectivity index (χ3v) is 5.60. The summed E-state index contributed by atoms with van der Waals surface area (Å²) in [6.45, 7) is 3.50. The van der Waals surface area contributed by atoms with Gasteiger partial charge in [0.05, 0.1) is 24.1 Å². The smallest absolute Gasteiger partial charge is 0.243 e. The number of likely N-dealkylation sites (tertiary alicyclic amines) is 1. The predicted octanol–water partition coefficient (Wildman–Crippen LogP) is 2.44. The van der Waals surface area contributed by atoms with E-state index in [9.17, 15) is 18.4 Å². The molecule has 1 saturated heterocycles. The van der Waals surface area contributed by atoms with Crippen molar-refractivity contribution < 1.29 is 22.8 Å². The van der Waals surface area contributed by atoms with E-state index >= 15 is 0 Å². The molecule has 2 N–H and O–H groups in total. The molecule has 1 unspecified atom stereocenters. The first-order chi connectivity index (χ1) is 15.8. The highest BCUT2D eigenvalue weighted by Gasteiger charge is 2.41. The van der Waals surface area contributed by atoms with E-state index in [1.165, 1.54) is 23.6 Å². The number of nitrogens with one attached hydrogen (secondary N) is 2. The van der Waals surface area contributed by atoms with Crippen LogP contribution in [0.25, 0.3) is 0 Å². The number of halogens is 2. The lowest BCUT2D eigenvalue weighted by Crippen LogP contribution is -2.47. The summed E-state index contributed by atoms with van der Waals surface area (Å²) in [5.41, 5.74) is 1.18. The number of nitrogens with zero attached hydrogens (tertiary/aromatic N) is 4. The molecule has 3 aromatic rings. The van der Waals surface area contributed by atoms with Gasteiger partial charge in [-0.3, -0.25) is 14.7 Å². The van der Waals surface area contributed by atoms with Crippen LogP contribution in [0.15, 0.2) is 41.3 Å². The number of carbonyl (C=O) groups excluding carboxylic acids is 2. The Labute approximate surface area is 188 Å². The number of alkyl halides is 1. The monoisotopic (exact) mass is 458 g/mol. The van der Waals surface area contributed by atoms with Gasteiger partial charge >= 0.3 is 0 Å². The number of hydrogen-bond acceptors (Lipinski definition) is 6. The molecule has 33 heavy (non-hydrogen) atoms. The van der Waals surface area contributed by atoms with Crippen LogP contribution in [-0.2, 0) is 16.0 Å². The van der Waals surface area contributed by atoms with Crippen molar-refractivity contribution in [3.8, 4) is 0 Å². The van der Waals surface area contributed by atoms with Gasteiger partial charge in [-0.15, -0.1) is 0 Å². The van der Waals surface area contributed by atoms with E-state index in [2.05, 4.69) is 25.5 Å². The first kappa shape index (κ1) is 22.6. The summed E-state index contributed by atoms with van der Waals surface area (Å²) >= 11 is 0.